The van der Waals surface area contributed by atoms with Gasteiger partial charge in [0.25, 0.3) is 16.1 Å². The van der Waals surface area contributed by atoms with Gasteiger partial charge < -0.3 is 15.1 Å². The topological polar surface area (TPSA) is 129 Å². The van der Waals surface area contributed by atoms with E-state index < -0.39 is 34.1 Å². The Morgan fingerprint density at radius 1 is 1.00 bits per heavy atom. The molecule has 2 aliphatic rings. The Balaban J connectivity index is 1.23. The maximum atomic E-state index is 13.5. The average Bonchev–Trinajstić information content (AvgIpc) is 3.30. The molecule has 3 heterocycles. The van der Waals surface area contributed by atoms with Crippen molar-refractivity contribution in [3.8, 4) is 0 Å². The number of ketones is 1. The molecule has 10 nitrogen and oxygen atoms in total. The zero-order chi connectivity index (χ0) is 29.1. The Kier molecular flexibility index (Phi) is 8.58. The minimum absolute atomic E-state index is 0.0851. The number of hydrogen-bond acceptors (Lipinski definition) is 6. The highest BCUT2D eigenvalue weighted by atomic mass is 32.2. The zero-order valence-corrected chi connectivity index (χ0v) is 24.2. The number of Topliss-reactive ketones (excluding diaryl/α,β-unsaturated/α-hetero) is 1. The molecule has 1 aromatic heterocycles. The molecule has 1 fully saturated rings. The lowest BCUT2D eigenvalue weighted by Crippen LogP contribution is -2.53. The maximum Gasteiger partial charge on any atom is 0.287 e. The van der Waals surface area contributed by atoms with Gasteiger partial charge in [-0.3, -0.25) is 14.4 Å². The monoisotopic (exact) mass is 580 g/mol. The fourth-order valence-electron chi connectivity index (χ4n) is 5.47. The summed E-state index contributed by atoms with van der Waals surface area (Å²) >= 11 is 0. The van der Waals surface area contributed by atoms with Crippen LogP contribution in [0.15, 0.2) is 59.0 Å². The summed E-state index contributed by atoms with van der Waals surface area (Å²) in [4.78, 5) is 39.5. The minimum Gasteiger partial charge on any atom is -0.451 e. The first-order valence-electron chi connectivity index (χ1n) is 14.1. The van der Waals surface area contributed by atoms with Gasteiger partial charge in [0.1, 0.15) is 11.6 Å². The second kappa shape index (κ2) is 12.1. The molecule has 218 valence electrons. The van der Waals surface area contributed by atoms with E-state index in [0.29, 0.717) is 37.8 Å². The summed E-state index contributed by atoms with van der Waals surface area (Å²) in [6, 6.07) is 14.9. The lowest BCUT2D eigenvalue weighted by molar-refractivity contribution is -0.129. The molecular weight excluding hydrogens is 544 g/mol. The molecule has 2 aliphatic heterocycles. The van der Waals surface area contributed by atoms with Crippen molar-refractivity contribution in [3.05, 3.63) is 71.5 Å². The molecule has 0 spiro atoms. The number of nitrogens with zero attached hydrogens (tertiary/aromatic N) is 2. The largest absolute Gasteiger partial charge is 0.451 e. The van der Waals surface area contributed by atoms with Crippen molar-refractivity contribution in [2.24, 2.45) is 5.92 Å². The van der Waals surface area contributed by atoms with E-state index >= 15 is 0 Å². The van der Waals surface area contributed by atoms with Gasteiger partial charge in [0.15, 0.2) is 11.5 Å². The number of carbonyl (C=O) groups is 3. The summed E-state index contributed by atoms with van der Waals surface area (Å²) in [5.41, 5.74) is 2.67. The quantitative estimate of drug-likeness (QED) is 0.422. The second-order valence-electron chi connectivity index (χ2n) is 11.2. The molecule has 2 aromatic carbocycles. The van der Waals surface area contributed by atoms with Crippen molar-refractivity contribution in [2.75, 3.05) is 19.6 Å². The lowest BCUT2D eigenvalue weighted by Gasteiger charge is -2.32. The summed E-state index contributed by atoms with van der Waals surface area (Å²) in [6.45, 7) is 4.37. The van der Waals surface area contributed by atoms with Gasteiger partial charge in [-0.2, -0.15) is 17.0 Å². The molecule has 3 aromatic rings. The van der Waals surface area contributed by atoms with Crippen molar-refractivity contribution < 1.29 is 27.2 Å². The average molecular weight is 581 g/mol. The second-order valence-corrected chi connectivity index (χ2v) is 13.1. The molecule has 0 unspecified atom stereocenters. The number of carbonyl (C=O) groups excluding carboxylic acids is 3. The first-order chi connectivity index (χ1) is 19.6. The Labute approximate surface area is 240 Å². The van der Waals surface area contributed by atoms with Crippen molar-refractivity contribution >= 4 is 38.8 Å². The van der Waals surface area contributed by atoms with Gasteiger partial charge in [-0.15, -0.1) is 0 Å². The third-order valence-electron chi connectivity index (χ3n) is 7.66. The van der Waals surface area contributed by atoms with Crippen LogP contribution in [0.5, 0.6) is 0 Å². The molecule has 0 radical (unpaired) electrons. The molecule has 11 heteroatoms. The smallest absolute Gasteiger partial charge is 0.287 e. The summed E-state index contributed by atoms with van der Waals surface area (Å²) in [5, 5.41) is 6.33. The van der Waals surface area contributed by atoms with Gasteiger partial charge >= 0.3 is 0 Å². The molecule has 2 atom stereocenters. The van der Waals surface area contributed by atoms with Gasteiger partial charge in [0.05, 0.1) is 12.6 Å². The normalized spacial score (nSPS) is 19.5. The Morgan fingerprint density at radius 3 is 2.46 bits per heavy atom. The minimum atomic E-state index is -3.86. The third kappa shape index (κ3) is 6.52. The van der Waals surface area contributed by atoms with Crippen LogP contribution in [-0.4, -0.2) is 66.3 Å². The van der Waals surface area contributed by atoms with E-state index in [0.717, 1.165) is 16.5 Å². The van der Waals surface area contributed by atoms with Crippen LogP contribution in [0.2, 0.25) is 0 Å². The summed E-state index contributed by atoms with van der Waals surface area (Å²) in [6.07, 6.45) is 1.70. The van der Waals surface area contributed by atoms with Crippen molar-refractivity contribution in [1.29, 1.82) is 0 Å². The molecule has 1 saturated heterocycles. The molecule has 0 aliphatic carbocycles. The Hall–Kier alpha value is -3.54. The number of rotatable bonds is 8. The van der Waals surface area contributed by atoms with Crippen LogP contribution in [0.1, 0.15) is 54.8 Å². The van der Waals surface area contributed by atoms with E-state index in [1.165, 1.54) is 8.61 Å². The predicted octanol–water partition coefficient (Wildman–Crippen LogP) is 3.03. The van der Waals surface area contributed by atoms with Crippen LogP contribution in [0.4, 0.5) is 0 Å². The van der Waals surface area contributed by atoms with Gasteiger partial charge in [0, 0.05) is 25.0 Å². The Morgan fingerprint density at radius 2 is 1.71 bits per heavy atom. The van der Waals surface area contributed by atoms with Crippen molar-refractivity contribution in [2.45, 2.75) is 58.2 Å². The Bertz CT molecular complexity index is 1520. The molecule has 2 N–H and O–H groups in total. The van der Waals surface area contributed by atoms with E-state index in [-0.39, 0.29) is 37.1 Å². The number of furan rings is 1. The van der Waals surface area contributed by atoms with Crippen LogP contribution in [-0.2, 0) is 32.8 Å². The van der Waals surface area contributed by atoms with Crippen LogP contribution < -0.4 is 10.6 Å². The van der Waals surface area contributed by atoms with Crippen LogP contribution in [0, 0.1) is 5.92 Å². The molecule has 41 heavy (non-hydrogen) atoms. The maximum absolute atomic E-state index is 13.5. The molecular formula is C30H36N4O6S. The molecule has 0 bridgehead atoms. The highest BCUT2D eigenvalue weighted by Crippen LogP contribution is 2.24. The van der Waals surface area contributed by atoms with E-state index in [4.69, 9.17) is 4.42 Å². The standard InChI is InChI=1S/C30H36N4O6S/c1-20(2)16-25(32-30(37)28-17-22-9-5-6-12-27(22)40-28)29(36)31-24-11-7-14-33(19-26(24)35)41(38,39)34-15-13-21-8-3-4-10-23(21)18-34/h3-6,8-10,12,17,20,24-25H,7,11,13-16,18-19H2,1-2H3,(H,31,36)(H,32,37)/t24-,25-/m0/s1. The number of hydrogen-bond donors (Lipinski definition) is 2. The molecule has 5 rings (SSSR count). The van der Waals surface area contributed by atoms with Gasteiger partial charge in [-0.05, 0) is 54.9 Å². The van der Waals surface area contributed by atoms with Gasteiger partial charge in [-0.25, -0.2) is 0 Å². The summed E-state index contributed by atoms with van der Waals surface area (Å²) in [5.74, 6) is -1.19. The SMILES string of the molecule is CC(C)C[C@H](NC(=O)c1cc2ccccc2o1)C(=O)N[C@H]1CCCN(S(=O)(=O)N2CCc3ccccc3C2)CC1=O. The van der Waals surface area contributed by atoms with E-state index in [1.54, 1.807) is 12.1 Å². The van der Waals surface area contributed by atoms with E-state index in [2.05, 4.69) is 10.6 Å². The number of benzene rings is 2. The van der Waals surface area contributed by atoms with Gasteiger partial charge in [-0.1, -0.05) is 56.3 Å². The van der Waals surface area contributed by atoms with E-state index in [1.807, 2.05) is 56.3 Å². The fourth-order valence-corrected chi connectivity index (χ4v) is 7.07. The van der Waals surface area contributed by atoms with Crippen LogP contribution in [0.25, 0.3) is 11.0 Å². The highest BCUT2D eigenvalue weighted by molar-refractivity contribution is 7.86. The van der Waals surface area contributed by atoms with Crippen LogP contribution in [0.3, 0.4) is 0 Å². The third-order valence-corrected chi connectivity index (χ3v) is 9.59. The van der Waals surface area contributed by atoms with Gasteiger partial charge in [0.2, 0.25) is 5.91 Å². The van der Waals surface area contributed by atoms with E-state index in [9.17, 15) is 22.8 Å². The first kappa shape index (κ1) is 29.0. The molecule has 0 saturated carbocycles. The predicted molar refractivity (Wildman–Crippen MR) is 154 cm³/mol. The van der Waals surface area contributed by atoms with Crippen molar-refractivity contribution in [3.63, 3.8) is 0 Å². The number of nitrogens with one attached hydrogen (secondary N) is 2. The fraction of sp³-hybridized carbons (Fsp3) is 0.433. The summed E-state index contributed by atoms with van der Waals surface area (Å²) in [7, 11) is -3.86. The summed E-state index contributed by atoms with van der Waals surface area (Å²) < 4.78 is 35.3. The lowest BCUT2D eigenvalue weighted by atomic mass is 10.0. The number of fused-ring (bicyclic) bond motifs is 2. The van der Waals surface area contributed by atoms with Crippen LogP contribution >= 0.6 is 0 Å². The van der Waals surface area contributed by atoms with Crippen molar-refractivity contribution in [1.82, 2.24) is 19.2 Å². The number of para-hydroxylation sites is 1. The first-order valence-corrected chi connectivity index (χ1v) is 15.5. The highest BCUT2D eigenvalue weighted by Gasteiger charge is 2.37. The molecule has 2 amide bonds. The zero-order valence-electron chi connectivity index (χ0n) is 23.3. The number of amides is 2.